The number of ether oxygens (including phenoxy) is 1. The third kappa shape index (κ3) is 4.92. The Kier molecular flexibility index (Phi) is 5.90. The van der Waals surface area contributed by atoms with Gasteiger partial charge in [0.05, 0.1) is 12.4 Å². The van der Waals surface area contributed by atoms with Gasteiger partial charge in [-0.3, -0.25) is 0 Å². The first-order chi connectivity index (χ1) is 12.9. The molecular weight excluding hydrogens is 403 g/mol. The number of thioether (sulfide) groups is 1. The Labute approximate surface area is 160 Å². The van der Waals surface area contributed by atoms with Crippen molar-refractivity contribution >= 4 is 45.2 Å². The highest BCUT2D eigenvalue weighted by atomic mass is 32.2. The van der Waals surface area contributed by atoms with E-state index >= 15 is 0 Å². The number of furan rings is 1. The molecule has 0 aliphatic carbocycles. The summed E-state index contributed by atoms with van der Waals surface area (Å²) in [5.41, 5.74) is 0.904. The summed E-state index contributed by atoms with van der Waals surface area (Å²) in [6, 6.07) is 7.10. The molecule has 0 atom stereocenters. The van der Waals surface area contributed by atoms with Crippen molar-refractivity contribution in [1.29, 1.82) is 0 Å². The van der Waals surface area contributed by atoms with Crippen molar-refractivity contribution in [3.63, 3.8) is 0 Å². The molecular formula is C16H14F3N3O3S2. The van der Waals surface area contributed by atoms with Gasteiger partial charge in [-0.2, -0.15) is 13.2 Å². The number of carbonyl (C=O) groups excluding carboxylic acids is 1. The van der Waals surface area contributed by atoms with E-state index in [9.17, 15) is 18.0 Å². The number of nitrogens with one attached hydrogen (secondary N) is 1. The number of aromatic nitrogens is 2. The van der Waals surface area contributed by atoms with Gasteiger partial charge in [-0.05, 0) is 13.0 Å². The zero-order valence-electron chi connectivity index (χ0n) is 14.0. The first-order valence-corrected chi connectivity index (χ1v) is 9.62. The lowest BCUT2D eigenvalue weighted by Gasteiger charge is -2.05. The normalized spacial score (nSPS) is 11.7. The molecule has 0 bridgehead atoms. The minimum Gasteiger partial charge on any atom is -0.462 e. The van der Waals surface area contributed by atoms with E-state index in [1.807, 2.05) is 0 Å². The molecule has 0 fully saturated rings. The van der Waals surface area contributed by atoms with Crippen LogP contribution in [0.4, 0.5) is 18.3 Å². The van der Waals surface area contributed by atoms with E-state index in [1.54, 1.807) is 31.2 Å². The number of esters is 1. The Morgan fingerprint density at radius 2 is 2.11 bits per heavy atom. The number of nitrogens with zero attached hydrogens (tertiary/aromatic N) is 2. The Hall–Kier alpha value is -2.27. The van der Waals surface area contributed by atoms with E-state index in [1.165, 1.54) is 11.8 Å². The van der Waals surface area contributed by atoms with Crippen LogP contribution >= 0.6 is 23.1 Å². The molecule has 11 heteroatoms. The molecule has 0 aliphatic heterocycles. The second-order valence-corrected chi connectivity index (χ2v) is 7.45. The fourth-order valence-electron chi connectivity index (χ4n) is 2.27. The average Bonchev–Trinajstić information content (AvgIpc) is 3.21. The summed E-state index contributed by atoms with van der Waals surface area (Å²) in [5.74, 6) is 0.194. The molecule has 2 aromatic heterocycles. The monoisotopic (exact) mass is 417 g/mol. The minimum atomic E-state index is -4.33. The van der Waals surface area contributed by atoms with E-state index in [0.717, 1.165) is 11.3 Å². The van der Waals surface area contributed by atoms with Crippen LogP contribution in [0.3, 0.4) is 0 Å². The third-order valence-electron chi connectivity index (χ3n) is 3.32. The van der Waals surface area contributed by atoms with Gasteiger partial charge < -0.3 is 14.5 Å². The van der Waals surface area contributed by atoms with Gasteiger partial charge in [0, 0.05) is 5.39 Å². The van der Waals surface area contributed by atoms with Crippen LogP contribution in [0.2, 0.25) is 0 Å². The Morgan fingerprint density at radius 3 is 2.85 bits per heavy atom. The van der Waals surface area contributed by atoms with Crippen molar-refractivity contribution in [2.45, 2.75) is 23.2 Å². The number of carbonyl (C=O) groups is 1. The van der Waals surface area contributed by atoms with E-state index in [-0.39, 0.29) is 17.5 Å². The molecule has 0 amide bonds. The Balaban J connectivity index is 1.74. The number of benzene rings is 1. The number of halogens is 3. The molecule has 144 valence electrons. The molecule has 1 N–H and O–H groups in total. The second-order valence-electron chi connectivity index (χ2n) is 5.25. The fourth-order valence-corrected chi connectivity index (χ4v) is 3.95. The lowest BCUT2D eigenvalue weighted by molar-refractivity contribution is -0.115. The number of hydrogen-bond acceptors (Lipinski definition) is 8. The predicted octanol–water partition coefficient (Wildman–Crippen LogP) is 4.73. The molecule has 1 aromatic carbocycles. The van der Waals surface area contributed by atoms with Crippen LogP contribution < -0.4 is 5.32 Å². The lowest BCUT2D eigenvalue weighted by atomic mass is 10.1. The third-order valence-corrected chi connectivity index (χ3v) is 5.34. The summed E-state index contributed by atoms with van der Waals surface area (Å²) < 4.78 is 48.0. The largest absolute Gasteiger partial charge is 0.462 e. The molecule has 0 unspecified atom stereocenters. The maximum absolute atomic E-state index is 12.3. The van der Waals surface area contributed by atoms with Crippen LogP contribution in [-0.4, -0.2) is 35.5 Å². The highest BCUT2D eigenvalue weighted by Crippen LogP contribution is 2.34. The van der Waals surface area contributed by atoms with Crippen molar-refractivity contribution in [1.82, 2.24) is 10.2 Å². The van der Waals surface area contributed by atoms with Gasteiger partial charge >= 0.3 is 12.1 Å². The smallest absolute Gasteiger partial charge is 0.405 e. The zero-order valence-corrected chi connectivity index (χ0v) is 15.6. The van der Waals surface area contributed by atoms with E-state index < -0.39 is 18.7 Å². The lowest BCUT2D eigenvalue weighted by Crippen LogP contribution is -2.21. The maximum Gasteiger partial charge on any atom is 0.405 e. The molecule has 0 aliphatic rings. The molecule has 3 rings (SSSR count). The van der Waals surface area contributed by atoms with E-state index in [0.29, 0.717) is 26.6 Å². The standard InChI is InChI=1S/C16H14F3N3O3S2/c1-2-24-13(23)12-9-5-3-4-6-10(9)25-11(12)7-26-15-22-21-14(27-15)20-8-16(17,18)19/h3-6H,2,7-8H2,1H3,(H,20,21). The predicted molar refractivity (Wildman–Crippen MR) is 96.2 cm³/mol. The summed E-state index contributed by atoms with van der Waals surface area (Å²) >= 11 is 2.21. The van der Waals surface area contributed by atoms with Gasteiger partial charge in [0.1, 0.15) is 23.5 Å². The number of alkyl halides is 3. The number of para-hydroxylation sites is 1. The molecule has 2 heterocycles. The van der Waals surface area contributed by atoms with Crippen molar-refractivity contribution < 1.29 is 27.1 Å². The molecule has 0 spiro atoms. The van der Waals surface area contributed by atoms with Crippen LogP contribution in [0.1, 0.15) is 23.0 Å². The summed E-state index contributed by atoms with van der Waals surface area (Å²) in [6.45, 7) is 0.768. The summed E-state index contributed by atoms with van der Waals surface area (Å²) in [4.78, 5) is 12.3. The summed E-state index contributed by atoms with van der Waals surface area (Å²) in [5, 5.41) is 10.4. The van der Waals surface area contributed by atoms with Crippen LogP contribution in [0.15, 0.2) is 33.0 Å². The number of anilines is 1. The van der Waals surface area contributed by atoms with Gasteiger partial charge in [-0.25, -0.2) is 4.79 Å². The Morgan fingerprint density at radius 1 is 1.33 bits per heavy atom. The van der Waals surface area contributed by atoms with Crippen LogP contribution in [-0.2, 0) is 10.5 Å². The minimum absolute atomic E-state index is 0.0741. The number of hydrogen-bond donors (Lipinski definition) is 1. The van der Waals surface area contributed by atoms with Crippen LogP contribution in [0, 0.1) is 0 Å². The SMILES string of the molecule is CCOC(=O)c1c(CSc2nnc(NCC(F)(F)F)s2)oc2ccccc12. The topological polar surface area (TPSA) is 77.2 Å². The molecule has 6 nitrogen and oxygen atoms in total. The fraction of sp³-hybridized carbons (Fsp3) is 0.312. The summed E-state index contributed by atoms with van der Waals surface area (Å²) in [7, 11) is 0. The van der Waals surface area contributed by atoms with Crippen LogP contribution in [0.5, 0.6) is 0 Å². The summed E-state index contributed by atoms with van der Waals surface area (Å²) in [6.07, 6.45) is -4.33. The van der Waals surface area contributed by atoms with Crippen LogP contribution in [0.25, 0.3) is 11.0 Å². The van der Waals surface area contributed by atoms with Gasteiger partial charge in [-0.15, -0.1) is 10.2 Å². The van der Waals surface area contributed by atoms with Gasteiger partial charge in [0.2, 0.25) is 5.13 Å². The first kappa shape index (κ1) is 19.5. The van der Waals surface area contributed by atoms with Gasteiger partial charge in [0.15, 0.2) is 4.34 Å². The van der Waals surface area contributed by atoms with Crippen molar-refractivity contribution in [3.05, 3.63) is 35.6 Å². The zero-order chi connectivity index (χ0) is 19.4. The van der Waals surface area contributed by atoms with Gasteiger partial charge in [-0.1, -0.05) is 41.3 Å². The second kappa shape index (κ2) is 8.17. The van der Waals surface area contributed by atoms with Crippen molar-refractivity contribution in [2.24, 2.45) is 0 Å². The Bertz CT molecular complexity index is 940. The highest BCUT2D eigenvalue weighted by molar-refractivity contribution is 8.00. The van der Waals surface area contributed by atoms with Crippen molar-refractivity contribution in [2.75, 3.05) is 18.5 Å². The maximum atomic E-state index is 12.3. The molecule has 3 aromatic rings. The quantitative estimate of drug-likeness (QED) is 0.440. The first-order valence-electron chi connectivity index (χ1n) is 7.82. The average molecular weight is 417 g/mol. The highest BCUT2D eigenvalue weighted by Gasteiger charge is 2.27. The molecule has 0 saturated heterocycles. The molecule has 0 radical (unpaired) electrons. The molecule has 0 saturated carbocycles. The number of fused-ring (bicyclic) bond motifs is 1. The van der Waals surface area contributed by atoms with E-state index in [2.05, 4.69) is 15.5 Å². The number of rotatable bonds is 7. The van der Waals surface area contributed by atoms with Gasteiger partial charge in [0.25, 0.3) is 0 Å². The van der Waals surface area contributed by atoms with E-state index in [4.69, 9.17) is 9.15 Å². The molecule has 27 heavy (non-hydrogen) atoms. The van der Waals surface area contributed by atoms with Crippen molar-refractivity contribution in [3.8, 4) is 0 Å².